The average Bonchev–Trinajstić information content (AvgIpc) is 3.30. The Morgan fingerprint density at radius 2 is 1.25 bits per heavy atom. The maximum Gasteiger partial charge on any atom is 0.242 e. The number of thioether (sulfide) groups is 2. The van der Waals surface area contributed by atoms with Crippen LogP contribution in [-0.2, 0) is 28.8 Å². The Labute approximate surface area is 246 Å². The molecule has 2 saturated heterocycles. The fourth-order valence-electron chi connectivity index (χ4n) is 4.59. The normalized spacial score (nSPS) is 20.0. The third-order valence-electron chi connectivity index (χ3n) is 7.21. The molecule has 0 aliphatic carbocycles. The van der Waals surface area contributed by atoms with E-state index in [1.807, 2.05) is 6.92 Å². The van der Waals surface area contributed by atoms with Gasteiger partial charge >= 0.3 is 0 Å². The van der Waals surface area contributed by atoms with Gasteiger partial charge in [0.2, 0.25) is 35.4 Å². The first kappa shape index (κ1) is 34.1. The highest BCUT2D eigenvalue weighted by molar-refractivity contribution is 8.00. The van der Waals surface area contributed by atoms with Crippen molar-refractivity contribution >= 4 is 59.0 Å². The fraction of sp³-hybridized carbons (Fsp3) is 0.786. The summed E-state index contributed by atoms with van der Waals surface area (Å²) in [4.78, 5) is 73.4. The molecule has 3 atom stereocenters. The molecule has 3 unspecified atom stereocenters. The molecule has 0 aromatic rings. The van der Waals surface area contributed by atoms with E-state index in [1.165, 1.54) is 47.4 Å². The third kappa shape index (κ3) is 12.2. The Morgan fingerprint density at radius 1 is 0.750 bits per heavy atom. The molecular weight excluding hydrogens is 552 g/mol. The molecule has 10 nitrogen and oxygen atoms in total. The average molecular weight is 599 g/mol. The fourth-order valence-corrected chi connectivity index (χ4v) is 7.03. The molecule has 2 N–H and O–H groups in total. The van der Waals surface area contributed by atoms with Gasteiger partial charge in [0.05, 0.1) is 10.5 Å². The zero-order valence-electron chi connectivity index (χ0n) is 24.2. The van der Waals surface area contributed by atoms with Crippen LogP contribution in [0.4, 0.5) is 0 Å². The summed E-state index contributed by atoms with van der Waals surface area (Å²) in [6.45, 7) is 2.64. The molecule has 2 aliphatic rings. The third-order valence-corrected chi connectivity index (χ3v) is 9.80. The van der Waals surface area contributed by atoms with E-state index in [4.69, 9.17) is 0 Å². The summed E-state index contributed by atoms with van der Waals surface area (Å²) >= 11 is 3.07. The smallest absolute Gasteiger partial charge is 0.242 e. The van der Waals surface area contributed by atoms with E-state index < -0.39 is 0 Å². The number of unbranched alkanes of at least 4 members (excludes halogenated alkanes) is 5. The van der Waals surface area contributed by atoms with Crippen LogP contribution in [0, 0.1) is 0 Å². The van der Waals surface area contributed by atoms with Crippen LogP contribution in [0.5, 0.6) is 0 Å². The van der Waals surface area contributed by atoms with E-state index in [0.29, 0.717) is 32.2 Å². The molecule has 0 aromatic carbocycles. The highest BCUT2D eigenvalue weighted by atomic mass is 32.2. The Hall–Kier alpha value is -2.08. The van der Waals surface area contributed by atoms with Crippen molar-refractivity contribution in [3.8, 4) is 0 Å². The molecule has 0 bridgehead atoms. The van der Waals surface area contributed by atoms with Crippen LogP contribution in [0.25, 0.3) is 0 Å². The summed E-state index contributed by atoms with van der Waals surface area (Å²) in [6, 6.07) is 0.0950. The van der Waals surface area contributed by atoms with Crippen molar-refractivity contribution in [2.75, 3.05) is 32.1 Å². The molecule has 2 aliphatic heterocycles. The zero-order valence-corrected chi connectivity index (χ0v) is 25.8. The molecule has 2 rings (SSSR count). The quantitative estimate of drug-likeness (QED) is 0.162. The van der Waals surface area contributed by atoms with Gasteiger partial charge in [-0.1, -0.05) is 12.8 Å². The van der Waals surface area contributed by atoms with Gasteiger partial charge in [-0.15, -0.1) is 23.5 Å². The van der Waals surface area contributed by atoms with Gasteiger partial charge in [-0.25, -0.2) is 0 Å². The van der Waals surface area contributed by atoms with Gasteiger partial charge in [0.1, 0.15) is 0 Å². The number of amides is 6. The van der Waals surface area contributed by atoms with Gasteiger partial charge in [0.15, 0.2) is 0 Å². The zero-order chi connectivity index (χ0) is 29.5. The lowest BCUT2D eigenvalue weighted by Gasteiger charge is -2.14. The standard InChI is InChI=1S/C28H46N4O6S2/c1-20(30-24(34)14-7-5-11-17-40-22-19-26(36)32(3)28(22)38)12-8-9-15-29-23(33)13-6-4-10-16-39-21-18-25(35)31(2)27(21)37/h20-22H,4-19H2,1-3H3,(H,29,33)(H,30,34). The first-order valence-electron chi connectivity index (χ1n) is 14.5. The molecule has 0 aromatic heterocycles. The molecule has 40 heavy (non-hydrogen) atoms. The van der Waals surface area contributed by atoms with E-state index in [-0.39, 0.29) is 52.0 Å². The summed E-state index contributed by atoms with van der Waals surface area (Å²) in [5.41, 5.74) is 0. The largest absolute Gasteiger partial charge is 0.356 e. The predicted octanol–water partition coefficient (Wildman–Crippen LogP) is 2.88. The van der Waals surface area contributed by atoms with Crippen LogP contribution in [-0.4, -0.2) is 93.9 Å². The van der Waals surface area contributed by atoms with Crippen LogP contribution in [0.2, 0.25) is 0 Å². The molecule has 12 heteroatoms. The maximum absolute atomic E-state index is 12.2. The van der Waals surface area contributed by atoms with Crippen molar-refractivity contribution in [2.24, 2.45) is 0 Å². The molecule has 0 spiro atoms. The second-order valence-electron chi connectivity index (χ2n) is 10.6. The molecule has 2 heterocycles. The first-order chi connectivity index (χ1) is 19.1. The number of hydrogen-bond acceptors (Lipinski definition) is 8. The van der Waals surface area contributed by atoms with Crippen molar-refractivity contribution in [2.45, 2.75) is 107 Å². The van der Waals surface area contributed by atoms with Crippen molar-refractivity contribution in [1.82, 2.24) is 20.4 Å². The monoisotopic (exact) mass is 598 g/mol. The number of nitrogens with one attached hydrogen (secondary N) is 2. The van der Waals surface area contributed by atoms with Crippen molar-refractivity contribution < 1.29 is 28.8 Å². The van der Waals surface area contributed by atoms with Crippen LogP contribution in [0.1, 0.15) is 90.4 Å². The van der Waals surface area contributed by atoms with E-state index in [0.717, 1.165) is 69.3 Å². The van der Waals surface area contributed by atoms with Gasteiger partial charge in [0.25, 0.3) is 0 Å². The van der Waals surface area contributed by atoms with E-state index in [9.17, 15) is 28.8 Å². The Morgan fingerprint density at radius 3 is 1.73 bits per heavy atom. The second-order valence-corrected chi connectivity index (χ2v) is 13.3. The van der Waals surface area contributed by atoms with E-state index >= 15 is 0 Å². The number of carbonyl (C=O) groups is 6. The lowest BCUT2D eigenvalue weighted by molar-refractivity contribution is -0.138. The summed E-state index contributed by atoms with van der Waals surface area (Å²) in [5, 5.41) is 5.51. The lowest BCUT2D eigenvalue weighted by atomic mass is 10.1. The molecule has 6 amide bonds. The molecule has 226 valence electrons. The molecule has 0 saturated carbocycles. The number of nitrogens with zero attached hydrogens (tertiary/aromatic N) is 2. The van der Waals surface area contributed by atoms with Crippen molar-refractivity contribution in [3.05, 3.63) is 0 Å². The molecule has 0 radical (unpaired) electrons. The molecule has 2 fully saturated rings. The van der Waals surface area contributed by atoms with Gasteiger partial charge in [-0.3, -0.25) is 38.6 Å². The number of carbonyl (C=O) groups excluding carboxylic acids is 6. The topological polar surface area (TPSA) is 133 Å². The lowest BCUT2D eigenvalue weighted by Crippen LogP contribution is -2.32. The Bertz CT molecular complexity index is 902. The highest BCUT2D eigenvalue weighted by Gasteiger charge is 2.36. The highest BCUT2D eigenvalue weighted by Crippen LogP contribution is 2.26. The Kier molecular flexibility index (Phi) is 15.7. The number of likely N-dealkylation sites (tertiary alicyclic amines) is 2. The SMILES string of the molecule is CC(CCCCNC(=O)CCCCCSC1CC(=O)N(C)C1=O)NC(=O)CCCCCSC1CC(=O)N(C)C1=O. The second kappa shape index (κ2) is 18.4. The summed E-state index contributed by atoms with van der Waals surface area (Å²) in [7, 11) is 3.06. The van der Waals surface area contributed by atoms with Gasteiger partial charge in [-0.2, -0.15) is 0 Å². The minimum Gasteiger partial charge on any atom is -0.356 e. The van der Waals surface area contributed by atoms with E-state index in [2.05, 4.69) is 10.6 Å². The van der Waals surface area contributed by atoms with Gasteiger partial charge < -0.3 is 10.6 Å². The summed E-state index contributed by atoms with van der Waals surface area (Å²) < 4.78 is 0. The Balaban J connectivity index is 1.36. The maximum atomic E-state index is 12.2. The van der Waals surface area contributed by atoms with Crippen molar-refractivity contribution in [3.63, 3.8) is 0 Å². The van der Waals surface area contributed by atoms with Gasteiger partial charge in [-0.05, 0) is 63.4 Å². The number of hydrogen-bond donors (Lipinski definition) is 2. The van der Waals surface area contributed by atoms with Gasteiger partial charge in [0, 0.05) is 52.4 Å². The predicted molar refractivity (Wildman–Crippen MR) is 159 cm³/mol. The molecular formula is C28H46N4O6S2. The minimum atomic E-state index is -0.247. The summed E-state index contributed by atoms with van der Waals surface area (Å²) in [5.74, 6) is 1.33. The van der Waals surface area contributed by atoms with Crippen molar-refractivity contribution in [1.29, 1.82) is 0 Å². The van der Waals surface area contributed by atoms with Crippen LogP contribution >= 0.6 is 23.5 Å². The van der Waals surface area contributed by atoms with Crippen LogP contribution in [0.15, 0.2) is 0 Å². The van der Waals surface area contributed by atoms with Crippen LogP contribution < -0.4 is 10.6 Å². The number of imide groups is 2. The van der Waals surface area contributed by atoms with E-state index in [1.54, 1.807) is 0 Å². The van der Waals surface area contributed by atoms with Crippen LogP contribution in [0.3, 0.4) is 0 Å². The number of rotatable bonds is 20. The summed E-state index contributed by atoms with van der Waals surface area (Å²) in [6.07, 6.45) is 9.52. The minimum absolute atomic E-state index is 0.0562. The first-order valence-corrected chi connectivity index (χ1v) is 16.6.